The maximum absolute atomic E-state index is 9.67. The highest BCUT2D eigenvalue weighted by Gasteiger charge is 2.25. The largest absolute Gasteiger partial charge is 0.392 e. The average molecular weight is 215 g/mol. The Hall–Kier alpha value is -0.120. The van der Waals surface area contributed by atoms with Gasteiger partial charge >= 0.3 is 0 Å². The van der Waals surface area contributed by atoms with Gasteiger partial charge in [0.15, 0.2) is 0 Å². The third-order valence-electron chi connectivity index (χ3n) is 3.05. The molecule has 0 aromatic rings. The molecule has 0 bridgehead atoms. The van der Waals surface area contributed by atoms with Gasteiger partial charge in [-0.05, 0) is 40.2 Å². The average Bonchev–Trinajstić information content (AvgIpc) is 2.17. The lowest BCUT2D eigenvalue weighted by Crippen LogP contribution is -2.47. The van der Waals surface area contributed by atoms with E-state index < -0.39 is 0 Å². The van der Waals surface area contributed by atoms with Crippen LogP contribution in [0.3, 0.4) is 0 Å². The van der Waals surface area contributed by atoms with Gasteiger partial charge in [-0.15, -0.1) is 0 Å². The van der Waals surface area contributed by atoms with Crippen LogP contribution in [0.2, 0.25) is 0 Å². The Morgan fingerprint density at radius 3 is 2.67 bits per heavy atom. The van der Waals surface area contributed by atoms with Crippen LogP contribution < -0.4 is 0 Å². The summed E-state index contributed by atoms with van der Waals surface area (Å²) in [4.78, 5) is 2.37. The van der Waals surface area contributed by atoms with Crippen LogP contribution in [0.15, 0.2) is 0 Å². The van der Waals surface area contributed by atoms with E-state index in [4.69, 9.17) is 4.74 Å². The molecule has 2 unspecified atom stereocenters. The highest BCUT2D eigenvalue weighted by Crippen LogP contribution is 2.19. The van der Waals surface area contributed by atoms with Crippen LogP contribution in [0.4, 0.5) is 0 Å². The van der Waals surface area contributed by atoms with Crippen LogP contribution in [-0.2, 0) is 4.74 Å². The lowest BCUT2D eigenvalue weighted by Gasteiger charge is -2.37. The summed E-state index contributed by atoms with van der Waals surface area (Å²) in [6.07, 6.45) is 3.71. The first-order valence-corrected chi connectivity index (χ1v) is 6.15. The molecule has 0 saturated carbocycles. The summed E-state index contributed by atoms with van der Waals surface area (Å²) >= 11 is 0. The second-order valence-electron chi connectivity index (χ2n) is 4.76. The molecule has 0 amide bonds. The minimum Gasteiger partial charge on any atom is -0.392 e. The smallest absolute Gasteiger partial charge is 0.0667 e. The van der Waals surface area contributed by atoms with E-state index in [1.54, 1.807) is 0 Å². The molecule has 1 fully saturated rings. The molecule has 1 saturated heterocycles. The standard InChI is InChI=1S/C12H25NO2/c1-10(2)15-9-8-13-7-5-4-6-12(13)11(3)14/h10-12,14H,4-9H2,1-3H3. The zero-order chi connectivity index (χ0) is 11.3. The Labute approximate surface area is 93.4 Å². The number of nitrogens with zero attached hydrogens (tertiary/aromatic N) is 1. The number of aliphatic hydroxyl groups excluding tert-OH is 1. The van der Waals surface area contributed by atoms with E-state index in [2.05, 4.69) is 18.7 Å². The summed E-state index contributed by atoms with van der Waals surface area (Å²) in [7, 11) is 0. The van der Waals surface area contributed by atoms with Crippen molar-refractivity contribution < 1.29 is 9.84 Å². The molecule has 1 heterocycles. The fraction of sp³-hybridized carbons (Fsp3) is 1.00. The number of likely N-dealkylation sites (tertiary alicyclic amines) is 1. The lowest BCUT2D eigenvalue weighted by atomic mass is 9.98. The van der Waals surface area contributed by atoms with Crippen molar-refractivity contribution >= 4 is 0 Å². The van der Waals surface area contributed by atoms with Crippen LogP contribution in [0.1, 0.15) is 40.0 Å². The molecule has 0 spiro atoms. The van der Waals surface area contributed by atoms with Gasteiger partial charge in [0.05, 0.1) is 18.8 Å². The first-order valence-electron chi connectivity index (χ1n) is 6.15. The van der Waals surface area contributed by atoms with Gasteiger partial charge in [-0.25, -0.2) is 0 Å². The summed E-state index contributed by atoms with van der Waals surface area (Å²) in [5.74, 6) is 0. The van der Waals surface area contributed by atoms with Crippen LogP contribution in [-0.4, -0.2) is 48.0 Å². The highest BCUT2D eigenvalue weighted by molar-refractivity contribution is 4.80. The molecule has 1 N–H and O–H groups in total. The van der Waals surface area contributed by atoms with Crippen molar-refractivity contribution in [3.8, 4) is 0 Å². The number of ether oxygens (including phenoxy) is 1. The summed E-state index contributed by atoms with van der Waals surface area (Å²) in [5, 5.41) is 9.67. The monoisotopic (exact) mass is 215 g/mol. The number of hydrogen-bond acceptors (Lipinski definition) is 3. The molecule has 90 valence electrons. The van der Waals surface area contributed by atoms with E-state index in [1.165, 1.54) is 12.8 Å². The van der Waals surface area contributed by atoms with Crippen LogP contribution in [0.5, 0.6) is 0 Å². The maximum Gasteiger partial charge on any atom is 0.0667 e. The second-order valence-corrected chi connectivity index (χ2v) is 4.76. The molecule has 0 aromatic carbocycles. The van der Waals surface area contributed by atoms with E-state index in [-0.39, 0.29) is 6.10 Å². The Kier molecular flexibility index (Phi) is 5.58. The molecule has 15 heavy (non-hydrogen) atoms. The first-order chi connectivity index (χ1) is 7.11. The number of piperidine rings is 1. The molecule has 1 aliphatic heterocycles. The Balaban J connectivity index is 2.29. The fourth-order valence-corrected chi connectivity index (χ4v) is 2.25. The molecule has 0 radical (unpaired) electrons. The van der Waals surface area contributed by atoms with Crippen molar-refractivity contribution in [2.24, 2.45) is 0 Å². The van der Waals surface area contributed by atoms with Gasteiger partial charge in [0.2, 0.25) is 0 Å². The van der Waals surface area contributed by atoms with Gasteiger partial charge in [-0.1, -0.05) is 6.42 Å². The summed E-state index contributed by atoms with van der Waals surface area (Å²) < 4.78 is 5.55. The molecule has 2 atom stereocenters. The van der Waals surface area contributed by atoms with Crippen molar-refractivity contribution in [1.82, 2.24) is 4.90 Å². The van der Waals surface area contributed by atoms with Crippen molar-refractivity contribution in [2.45, 2.75) is 58.3 Å². The summed E-state index contributed by atoms with van der Waals surface area (Å²) in [5.41, 5.74) is 0. The molecule has 0 aromatic heterocycles. The molecule has 3 nitrogen and oxygen atoms in total. The van der Waals surface area contributed by atoms with Gasteiger partial charge in [-0.3, -0.25) is 4.90 Å². The number of hydrogen-bond donors (Lipinski definition) is 1. The topological polar surface area (TPSA) is 32.7 Å². The quantitative estimate of drug-likeness (QED) is 0.757. The van der Waals surface area contributed by atoms with Crippen molar-refractivity contribution in [2.75, 3.05) is 19.7 Å². The zero-order valence-corrected chi connectivity index (χ0v) is 10.3. The van der Waals surface area contributed by atoms with Crippen molar-refractivity contribution in [3.63, 3.8) is 0 Å². The minimum atomic E-state index is -0.218. The van der Waals surface area contributed by atoms with E-state index in [1.807, 2.05) is 6.92 Å². The van der Waals surface area contributed by atoms with E-state index in [9.17, 15) is 5.11 Å². The van der Waals surface area contributed by atoms with Gasteiger partial charge in [0.1, 0.15) is 0 Å². The fourth-order valence-electron chi connectivity index (χ4n) is 2.25. The van der Waals surface area contributed by atoms with E-state index >= 15 is 0 Å². The van der Waals surface area contributed by atoms with E-state index in [0.717, 1.165) is 26.1 Å². The SMILES string of the molecule is CC(C)OCCN1CCCCC1C(C)O. The molecular formula is C12H25NO2. The summed E-state index contributed by atoms with van der Waals surface area (Å²) in [6.45, 7) is 8.85. The van der Waals surface area contributed by atoms with Crippen LogP contribution >= 0.6 is 0 Å². The second kappa shape index (κ2) is 6.46. The maximum atomic E-state index is 9.67. The number of aliphatic hydroxyl groups is 1. The van der Waals surface area contributed by atoms with Gasteiger partial charge in [-0.2, -0.15) is 0 Å². The van der Waals surface area contributed by atoms with Crippen molar-refractivity contribution in [3.05, 3.63) is 0 Å². The lowest BCUT2D eigenvalue weighted by molar-refractivity contribution is 0.00354. The number of rotatable bonds is 5. The molecular weight excluding hydrogens is 190 g/mol. The predicted molar refractivity (Wildman–Crippen MR) is 62.0 cm³/mol. The van der Waals surface area contributed by atoms with Gasteiger partial charge < -0.3 is 9.84 Å². The Bertz CT molecular complexity index is 171. The van der Waals surface area contributed by atoms with Gasteiger partial charge in [0, 0.05) is 12.6 Å². The third kappa shape index (κ3) is 4.49. The Morgan fingerprint density at radius 2 is 2.07 bits per heavy atom. The zero-order valence-electron chi connectivity index (χ0n) is 10.3. The normalized spacial score (nSPS) is 25.8. The van der Waals surface area contributed by atoms with Crippen LogP contribution in [0.25, 0.3) is 0 Å². The third-order valence-corrected chi connectivity index (χ3v) is 3.05. The molecule has 0 aliphatic carbocycles. The Morgan fingerprint density at radius 1 is 1.33 bits per heavy atom. The molecule has 1 rings (SSSR count). The molecule has 3 heteroatoms. The summed E-state index contributed by atoms with van der Waals surface area (Å²) in [6, 6.07) is 0.342. The van der Waals surface area contributed by atoms with E-state index in [0.29, 0.717) is 12.1 Å². The molecule has 1 aliphatic rings. The minimum absolute atomic E-state index is 0.218. The highest BCUT2D eigenvalue weighted by atomic mass is 16.5. The van der Waals surface area contributed by atoms with Crippen molar-refractivity contribution in [1.29, 1.82) is 0 Å². The first kappa shape index (κ1) is 12.9. The predicted octanol–water partition coefficient (Wildman–Crippen LogP) is 1.65. The van der Waals surface area contributed by atoms with Gasteiger partial charge in [0.25, 0.3) is 0 Å². The van der Waals surface area contributed by atoms with Crippen LogP contribution in [0, 0.1) is 0 Å².